The van der Waals surface area contributed by atoms with E-state index >= 15 is 0 Å². The monoisotopic (exact) mass is 391 g/mol. The average Bonchev–Trinajstić information content (AvgIpc) is 3.37. The number of nitrogens with zero attached hydrogens (tertiary/aromatic N) is 3. The maximum atomic E-state index is 12.3. The van der Waals surface area contributed by atoms with Crippen LogP contribution in [0.4, 0.5) is 0 Å². The van der Waals surface area contributed by atoms with Crippen molar-refractivity contribution < 1.29 is 4.79 Å². The van der Waals surface area contributed by atoms with Crippen LogP contribution in [-0.4, -0.2) is 59.9 Å². The summed E-state index contributed by atoms with van der Waals surface area (Å²) in [4.78, 5) is 19.3. The summed E-state index contributed by atoms with van der Waals surface area (Å²) < 4.78 is 0. The molecule has 0 radical (unpaired) electrons. The number of hydrogen-bond donors (Lipinski definition) is 0. The minimum atomic E-state index is 0.0784. The van der Waals surface area contributed by atoms with Gasteiger partial charge in [0.1, 0.15) is 0 Å². The van der Waals surface area contributed by atoms with Gasteiger partial charge in [-0.2, -0.15) is 0 Å². The summed E-state index contributed by atoms with van der Waals surface area (Å²) in [7, 11) is 3.62. The van der Waals surface area contributed by atoms with Gasteiger partial charge in [-0.15, -0.1) is 0 Å². The first kappa shape index (κ1) is 20.1. The van der Waals surface area contributed by atoms with Crippen molar-refractivity contribution in [2.24, 2.45) is 0 Å². The lowest BCUT2D eigenvalue weighted by Gasteiger charge is -2.35. The lowest BCUT2D eigenvalue weighted by molar-refractivity contribution is 0.0827. The molecule has 2 aliphatic heterocycles. The Balaban J connectivity index is 1.45. The zero-order valence-corrected chi connectivity index (χ0v) is 17.8. The largest absolute Gasteiger partial charge is 0.345 e. The molecular formula is C25H33N3O. The molecule has 0 saturated carbocycles. The fraction of sp³-hybridized carbons (Fsp3) is 0.480. The van der Waals surface area contributed by atoms with Gasteiger partial charge in [-0.25, -0.2) is 0 Å². The fourth-order valence-corrected chi connectivity index (χ4v) is 5.08. The van der Waals surface area contributed by atoms with E-state index in [2.05, 4.69) is 52.3 Å². The maximum Gasteiger partial charge on any atom is 0.253 e. The highest BCUT2D eigenvalue weighted by atomic mass is 16.2. The number of amides is 1. The minimum absolute atomic E-state index is 0.0784. The molecule has 29 heavy (non-hydrogen) atoms. The number of carbonyl (C=O) groups is 1. The molecule has 2 saturated heterocycles. The second-order valence-electron chi connectivity index (χ2n) is 8.75. The third-order valence-electron chi connectivity index (χ3n) is 6.47. The van der Waals surface area contributed by atoms with Crippen molar-refractivity contribution in [1.29, 1.82) is 0 Å². The van der Waals surface area contributed by atoms with E-state index in [0.717, 1.165) is 25.2 Å². The zero-order chi connectivity index (χ0) is 20.2. The van der Waals surface area contributed by atoms with Crippen LogP contribution in [0, 0.1) is 0 Å². The van der Waals surface area contributed by atoms with E-state index in [-0.39, 0.29) is 5.91 Å². The molecule has 2 aromatic rings. The van der Waals surface area contributed by atoms with E-state index in [1.807, 2.05) is 26.2 Å². The van der Waals surface area contributed by atoms with Gasteiger partial charge < -0.3 is 4.90 Å². The molecule has 2 aromatic carbocycles. The molecule has 4 nitrogen and oxygen atoms in total. The molecule has 0 N–H and O–H groups in total. The van der Waals surface area contributed by atoms with Crippen molar-refractivity contribution in [3.63, 3.8) is 0 Å². The molecule has 0 aromatic heterocycles. The Hall–Kier alpha value is -2.17. The average molecular weight is 392 g/mol. The molecule has 1 amide bonds. The van der Waals surface area contributed by atoms with Gasteiger partial charge in [-0.3, -0.25) is 14.6 Å². The number of benzene rings is 2. The van der Waals surface area contributed by atoms with Crippen LogP contribution in [0.3, 0.4) is 0 Å². The lowest BCUT2D eigenvalue weighted by Crippen LogP contribution is -2.45. The Morgan fingerprint density at radius 2 is 1.45 bits per heavy atom. The van der Waals surface area contributed by atoms with E-state index in [0.29, 0.717) is 12.1 Å². The third-order valence-corrected chi connectivity index (χ3v) is 6.47. The summed E-state index contributed by atoms with van der Waals surface area (Å²) in [6, 6.07) is 20.3. The van der Waals surface area contributed by atoms with Gasteiger partial charge in [-0.05, 0) is 62.0 Å². The normalized spacial score (nSPS) is 22.8. The predicted octanol–water partition coefficient (Wildman–Crippen LogP) is 4.02. The summed E-state index contributed by atoms with van der Waals surface area (Å²) in [5.74, 6) is 0.0784. The van der Waals surface area contributed by atoms with Gasteiger partial charge in [0, 0.05) is 44.8 Å². The van der Waals surface area contributed by atoms with Crippen molar-refractivity contribution >= 4 is 5.91 Å². The topological polar surface area (TPSA) is 26.8 Å². The van der Waals surface area contributed by atoms with E-state index in [4.69, 9.17) is 0 Å². The van der Waals surface area contributed by atoms with Crippen LogP contribution in [-0.2, 0) is 13.1 Å². The molecule has 2 heterocycles. The van der Waals surface area contributed by atoms with Crippen molar-refractivity contribution in [1.82, 2.24) is 14.7 Å². The van der Waals surface area contributed by atoms with Gasteiger partial charge in [0.05, 0.1) is 0 Å². The molecule has 0 bridgehead atoms. The Bertz CT molecular complexity index is 820. The molecule has 4 rings (SSSR count). The summed E-state index contributed by atoms with van der Waals surface area (Å²) in [5, 5.41) is 0. The number of hydrogen-bond acceptors (Lipinski definition) is 3. The van der Waals surface area contributed by atoms with Gasteiger partial charge >= 0.3 is 0 Å². The number of carbonyl (C=O) groups excluding carboxylic acids is 1. The molecule has 2 fully saturated rings. The summed E-state index contributed by atoms with van der Waals surface area (Å²) in [6.07, 6.45) is 5.16. The van der Waals surface area contributed by atoms with Gasteiger partial charge in [-0.1, -0.05) is 42.5 Å². The molecule has 2 atom stereocenters. The highest BCUT2D eigenvalue weighted by molar-refractivity contribution is 5.94. The zero-order valence-electron chi connectivity index (χ0n) is 17.8. The molecule has 0 unspecified atom stereocenters. The first-order chi connectivity index (χ1) is 14.1. The van der Waals surface area contributed by atoms with Crippen molar-refractivity contribution in [3.05, 3.63) is 71.3 Å². The quantitative estimate of drug-likeness (QED) is 0.744. The van der Waals surface area contributed by atoms with E-state index in [1.54, 1.807) is 4.90 Å². The van der Waals surface area contributed by atoms with Gasteiger partial charge in [0.25, 0.3) is 5.91 Å². The van der Waals surface area contributed by atoms with Crippen LogP contribution in [0.25, 0.3) is 0 Å². The van der Waals surface area contributed by atoms with Crippen molar-refractivity contribution in [2.45, 2.75) is 50.9 Å². The van der Waals surface area contributed by atoms with E-state index in [9.17, 15) is 4.79 Å². The third kappa shape index (κ3) is 4.71. The Morgan fingerprint density at radius 3 is 2.07 bits per heavy atom. The van der Waals surface area contributed by atoms with Crippen LogP contribution < -0.4 is 0 Å². The van der Waals surface area contributed by atoms with Gasteiger partial charge in [0.15, 0.2) is 0 Å². The molecule has 0 aliphatic carbocycles. The highest BCUT2D eigenvalue weighted by Crippen LogP contribution is 2.32. The van der Waals surface area contributed by atoms with E-state index < -0.39 is 0 Å². The molecule has 2 aliphatic rings. The van der Waals surface area contributed by atoms with Crippen LogP contribution in [0.1, 0.15) is 47.2 Å². The highest BCUT2D eigenvalue weighted by Gasteiger charge is 2.37. The smallest absolute Gasteiger partial charge is 0.253 e. The summed E-state index contributed by atoms with van der Waals surface area (Å²) in [5.41, 5.74) is 3.45. The Morgan fingerprint density at radius 1 is 0.862 bits per heavy atom. The SMILES string of the molecule is CN(C)C(=O)c1cccc(CN2CCC[C@H]2[C@@H]2CCCN2Cc2ccccc2)c1. The Kier molecular flexibility index (Phi) is 6.31. The molecular weight excluding hydrogens is 358 g/mol. The summed E-state index contributed by atoms with van der Waals surface area (Å²) in [6.45, 7) is 4.36. The van der Waals surface area contributed by atoms with Crippen LogP contribution in [0.2, 0.25) is 0 Å². The standard InChI is InChI=1S/C25H33N3O/c1-26(2)25(29)22-12-6-11-21(17-22)19-28-16-8-14-24(28)23-13-7-15-27(23)18-20-9-4-3-5-10-20/h3-6,9-12,17,23-24H,7-8,13-16,18-19H2,1-2H3/t23-,24-/m0/s1. The number of rotatable bonds is 6. The maximum absolute atomic E-state index is 12.3. The Labute approximate surface area is 175 Å². The first-order valence-corrected chi connectivity index (χ1v) is 10.9. The van der Waals surface area contributed by atoms with Crippen LogP contribution >= 0.6 is 0 Å². The molecule has 154 valence electrons. The lowest BCUT2D eigenvalue weighted by atomic mass is 10.0. The first-order valence-electron chi connectivity index (χ1n) is 10.9. The molecule has 0 spiro atoms. The van der Waals surface area contributed by atoms with Crippen LogP contribution in [0.15, 0.2) is 54.6 Å². The van der Waals surface area contributed by atoms with Gasteiger partial charge in [0.2, 0.25) is 0 Å². The fourth-order valence-electron chi connectivity index (χ4n) is 5.08. The predicted molar refractivity (Wildman–Crippen MR) is 118 cm³/mol. The minimum Gasteiger partial charge on any atom is -0.345 e. The van der Waals surface area contributed by atoms with Crippen molar-refractivity contribution in [2.75, 3.05) is 27.2 Å². The number of likely N-dealkylation sites (tertiary alicyclic amines) is 2. The summed E-state index contributed by atoms with van der Waals surface area (Å²) >= 11 is 0. The van der Waals surface area contributed by atoms with Crippen LogP contribution in [0.5, 0.6) is 0 Å². The van der Waals surface area contributed by atoms with E-state index in [1.165, 1.54) is 43.4 Å². The second-order valence-corrected chi connectivity index (χ2v) is 8.75. The van der Waals surface area contributed by atoms with Crippen molar-refractivity contribution in [3.8, 4) is 0 Å². The second kappa shape index (κ2) is 9.10. The molecule has 4 heteroatoms.